The zero-order valence-electron chi connectivity index (χ0n) is 14.3. The molecule has 1 amide bonds. The largest absolute Gasteiger partial charge is 0.493 e. The van der Waals surface area contributed by atoms with Crippen molar-refractivity contribution >= 4 is 16.8 Å². The molecule has 3 aromatic rings. The SMILES string of the molecule is COc1ccc(CC(=O)NCc2ccnc3ccccc23)cc1OC. The molecule has 25 heavy (non-hydrogen) atoms. The first-order valence-corrected chi connectivity index (χ1v) is 8.01. The number of nitrogens with zero attached hydrogens (tertiary/aromatic N) is 1. The van der Waals surface area contributed by atoms with Gasteiger partial charge in [-0.2, -0.15) is 0 Å². The Morgan fingerprint density at radius 1 is 1.04 bits per heavy atom. The number of ether oxygens (including phenoxy) is 2. The average Bonchev–Trinajstić information content (AvgIpc) is 2.66. The lowest BCUT2D eigenvalue weighted by atomic mass is 10.1. The Hall–Kier alpha value is -3.08. The summed E-state index contributed by atoms with van der Waals surface area (Å²) in [4.78, 5) is 16.6. The number of rotatable bonds is 6. The molecule has 1 aromatic heterocycles. The Balaban J connectivity index is 1.67. The van der Waals surface area contributed by atoms with Crippen molar-refractivity contribution in [1.29, 1.82) is 0 Å². The lowest BCUT2D eigenvalue weighted by Crippen LogP contribution is -2.24. The lowest BCUT2D eigenvalue weighted by molar-refractivity contribution is -0.120. The van der Waals surface area contributed by atoms with E-state index < -0.39 is 0 Å². The lowest BCUT2D eigenvalue weighted by Gasteiger charge is -2.10. The van der Waals surface area contributed by atoms with Gasteiger partial charge < -0.3 is 14.8 Å². The Morgan fingerprint density at radius 2 is 1.84 bits per heavy atom. The predicted octanol–water partition coefficient (Wildman–Crippen LogP) is 3.11. The standard InChI is InChI=1S/C20H20N2O3/c1-24-18-8-7-14(11-19(18)25-2)12-20(23)22-13-15-9-10-21-17-6-4-3-5-16(15)17/h3-11H,12-13H2,1-2H3,(H,22,23). The van der Waals surface area contributed by atoms with E-state index in [1.54, 1.807) is 26.5 Å². The summed E-state index contributed by atoms with van der Waals surface area (Å²) in [6, 6.07) is 15.3. The van der Waals surface area contributed by atoms with Crippen molar-refractivity contribution in [2.24, 2.45) is 0 Å². The molecular weight excluding hydrogens is 316 g/mol. The van der Waals surface area contributed by atoms with Crippen LogP contribution in [0.15, 0.2) is 54.7 Å². The van der Waals surface area contributed by atoms with E-state index in [1.165, 1.54) is 0 Å². The fourth-order valence-electron chi connectivity index (χ4n) is 2.74. The highest BCUT2D eigenvalue weighted by Crippen LogP contribution is 2.27. The van der Waals surface area contributed by atoms with Crippen molar-refractivity contribution in [1.82, 2.24) is 10.3 Å². The number of amides is 1. The maximum atomic E-state index is 12.3. The molecule has 5 heteroatoms. The highest BCUT2D eigenvalue weighted by Gasteiger charge is 2.09. The molecule has 1 heterocycles. The number of benzene rings is 2. The van der Waals surface area contributed by atoms with Crippen LogP contribution in [-0.2, 0) is 17.8 Å². The first-order valence-electron chi connectivity index (χ1n) is 8.01. The zero-order chi connectivity index (χ0) is 17.6. The minimum atomic E-state index is -0.0480. The molecule has 0 radical (unpaired) electrons. The normalized spacial score (nSPS) is 10.5. The fraction of sp³-hybridized carbons (Fsp3) is 0.200. The van der Waals surface area contributed by atoms with Gasteiger partial charge in [0.1, 0.15) is 0 Å². The number of nitrogens with one attached hydrogen (secondary N) is 1. The molecule has 0 atom stereocenters. The summed E-state index contributed by atoms with van der Waals surface area (Å²) < 4.78 is 10.5. The molecule has 0 saturated carbocycles. The van der Waals surface area contributed by atoms with E-state index in [2.05, 4.69) is 10.3 Å². The third-order valence-electron chi connectivity index (χ3n) is 4.03. The molecule has 5 nitrogen and oxygen atoms in total. The summed E-state index contributed by atoms with van der Waals surface area (Å²) in [6.45, 7) is 0.467. The Morgan fingerprint density at radius 3 is 2.64 bits per heavy atom. The van der Waals surface area contributed by atoms with Crippen LogP contribution in [0.4, 0.5) is 0 Å². The van der Waals surface area contributed by atoms with E-state index in [0.29, 0.717) is 18.0 Å². The molecule has 0 bridgehead atoms. The van der Waals surface area contributed by atoms with Crippen molar-refractivity contribution in [3.63, 3.8) is 0 Å². The zero-order valence-corrected chi connectivity index (χ0v) is 14.3. The summed E-state index contributed by atoms with van der Waals surface area (Å²) >= 11 is 0. The first-order chi connectivity index (χ1) is 12.2. The fourth-order valence-corrected chi connectivity index (χ4v) is 2.74. The maximum absolute atomic E-state index is 12.3. The van der Waals surface area contributed by atoms with Gasteiger partial charge in [0, 0.05) is 18.1 Å². The number of carbonyl (C=O) groups is 1. The minimum Gasteiger partial charge on any atom is -0.493 e. The van der Waals surface area contributed by atoms with Crippen LogP contribution in [0.3, 0.4) is 0 Å². The molecule has 128 valence electrons. The Labute approximate surface area is 146 Å². The second-order valence-electron chi connectivity index (χ2n) is 5.63. The number of aromatic nitrogens is 1. The Kier molecular flexibility index (Phi) is 5.14. The van der Waals surface area contributed by atoms with Crippen LogP contribution >= 0.6 is 0 Å². The summed E-state index contributed by atoms with van der Waals surface area (Å²) in [5, 5.41) is 4.02. The topological polar surface area (TPSA) is 60.5 Å². The monoisotopic (exact) mass is 336 g/mol. The molecule has 2 aromatic carbocycles. The van der Waals surface area contributed by atoms with Crippen LogP contribution in [0.25, 0.3) is 10.9 Å². The smallest absolute Gasteiger partial charge is 0.224 e. The van der Waals surface area contributed by atoms with E-state index in [4.69, 9.17) is 9.47 Å². The molecule has 0 aliphatic carbocycles. The molecule has 0 fully saturated rings. The van der Waals surface area contributed by atoms with Gasteiger partial charge in [-0.05, 0) is 35.4 Å². The van der Waals surface area contributed by atoms with Crippen molar-refractivity contribution in [3.8, 4) is 11.5 Å². The number of hydrogen-bond acceptors (Lipinski definition) is 4. The average molecular weight is 336 g/mol. The number of fused-ring (bicyclic) bond motifs is 1. The van der Waals surface area contributed by atoms with Gasteiger partial charge in [-0.15, -0.1) is 0 Å². The van der Waals surface area contributed by atoms with Crippen LogP contribution in [0.1, 0.15) is 11.1 Å². The molecule has 0 aliphatic rings. The van der Waals surface area contributed by atoms with Crippen LogP contribution in [0, 0.1) is 0 Å². The molecule has 0 saturated heterocycles. The van der Waals surface area contributed by atoms with Gasteiger partial charge in [-0.3, -0.25) is 9.78 Å². The second kappa shape index (κ2) is 7.66. The molecule has 1 N–H and O–H groups in total. The molecular formula is C20H20N2O3. The van der Waals surface area contributed by atoms with Gasteiger partial charge in [-0.1, -0.05) is 24.3 Å². The number of para-hydroxylation sites is 1. The van der Waals surface area contributed by atoms with Crippen molar-refractivity contribution in [3.05, 3.63) is 65.9 Å². The molecule has 0 spiro atoms. The van der Waals surface area contributed by atoms with Crippen LogP contribution in [-0.4, -0.2) is 25.1 Å². The summed E-state index contributed by atoms with van der Waals surface area (Å²) in [5.74, 6) is 1.22. The summed E-state index contributed by atoms with van der Waals surface area (Å²) in [7, 11) is 3.17. The van der Waals surface area contributed by atoms with E-state index in [-0.39, 0.29) is 12.3 Å². The molecule has 3 rings (SSSR count). The Bertz CT molecular complexity index is 888. The quantitative estimate of drug-likeness (QED) is 0.751. The van der Waals surface area contributed by atoms with Crippen LogP contribution in [0.5, 0.6) is 11.5 Å². The summed E-state index contributed by atoms with van der Waals surface area (Å²) in [6.07, 6.45) is 2.04. The van der Waals surface area contributed by atoms with Gasteiger partial charge in [0.25, 0.3) is 0 Å². The minimum absolute atomic E-state index is 0.0480. The van der Waals surface area contributed by atoms with E-state index >= 15 is 0 Å². The van der Waals surface area contributed by atoms with Crippen molar-refractivity contribution in [2.75, 3.05) is 14.2 Å². The third-order valence-corrected chi connectivity index (χ3v) is 4.03. The maximum Gasteiger partial charge on any atom is 0.224 e. The van der Waals surface area contributed by atoms with Gasteiger partial charge in [-0.25, -0.2) is 0 Å². The van der Waals surface area contributed by atoms with Gasteiger partial charge >= 0.3 is 0 Å². The number of carbonyl (C=O) groups excluding carboxylic acids is 1. The highest BCUT2D eigenvalue weighted by atomic mass is 16.5. The summed E-state index contributed by atoms with van der Waals surface area (Å²) in [5.41, 5.74) is 2.84. The molecule has 0 aliphatic heterocycles. The van der Waals surface area contributed by atoms with E-state index in [0.717, 1.165) is 22.0 Å². The van der Waals surface area contributed by atoms with Gasteiger partial charge in [0.05, 0.1) is 26.2 Å². The predicted molar refractivity (Wildman–Crippen MR) is 96.8 cm³/mol. The number of pyridine rings is 1. The van der Waals surface area contributed by atoms with Crippen molar-refractivity contribution in [2.45, 2.75) is 13.0 Å². The number of hydrogen-bond donors (Lipinski definition) is 1. The van der Waals surface area contributed by atoms with Crippen LogP contribution < -0.4 is 14.8 Å². The number of methoxy groups -OCH3 is 2. The highest BCUT2D eigenvalue weighted by molar-refractivity contribution is 5.83. The first kappa shape index (κ1) is 16.8. The van der Waals surface area contributed by atoms with E-state index in [1.807, 2.05) is 42.5 Å². The van der Waals surface area contributed by atoms with Gasteiger partial charge in [0.15, 0.2) is 11.5 Å². The second-order valence-corrected chi connectivity index (χ2v) is 5.63. The van der Waals surface area contributed by atoms with E-state index in [9.17, 15) is 4.79 Å². The van der Waals surface area contributed by atoms with Crippen LogP contribution in [0.2, 0.25) is 0 Å². The van der Waals surface area contributed by atoms with Crippen molar-refractivity contribution < 1.29 is 14.3 Å². The van der Waals surface area contributed by atoms with Gasteiger partial charge in [0.2, 0.25) is 5.91 Å². The third kappa shape index (κ3) is 3.88. The molecule has 0 unspecified atom stereocenters.